The topological polar surface area (TPSA) is 58.2 Å². The molecule has 0 radical (unpaired) electrons. The number of carbonyl (C=O) groups is 2. The maximum Gasteiger partial charge on any atom is 0.224 e. The van der Waals surface area contributed by atoms with Crippen LogP contribution in [0.5, 0.6) is 0 Å². The summed E-state index contributed by atoms with van der Waals surface area (Å²) in [6, 6.07) is 16.2. The first-order valence-electron chi connectivity index (χ1n) is 9.62. The Morgan fingerprint density at radius 3 is 1.67 bits per heavy atom. The van der Waals surface area contributed by atoms with Gasteiger partial charge in [-0.05, 0) is 36.0 Å². The zero-order chi connectivity index (χ0) is 19.6. The van der Waals surface area contributed by atoms with Gasteiger partial charge in [0.1, 0.15) is 0 Å². The standard InChI is InChI=1S/C23H30N2O2/c1-17(2)21-11-9-20(10-12-21)16-23(27)25-14-4-13-24-22(26)15-19-7-5-18(3)6-8-19/h5-12,17H,4,13-16H2,1-3H3,(H,24,26)(H,25,27). The highest BCUT2D eigenvalue weighted by atomic mass is 16.2. The van der Waals surface area contributed by atoms with Crippen molar-refractivity contribution in [3.8, 4) is 0 Å². The molecule has 0 bridgehead atoms. The van der Waals surface area contributed by atoms with Crippen LogP contribution >= 0.6 is 0 Å². The molecule has 0 aliphatic rings. The zero-order valence-electron chi connectivity index (χ0n) is 16.5. The van der Waals surface area contributed by atoms with Crippen molar-refractivity contribution >= 4 is 11.8 Å². The van der Waals surface area contributed by atoms with Gasteiger partial charge in [0.15, 0.2) is 0 Å². The summed E-state index contributed by atoms with van der Waals surface area (Å²) in [6.45, 7) is 7.46. The van der Waals surface area contributed by atoms with Crippen LogP contribution in [0.25, 0.3) is 0 Å². The summed E-state index contributed by atoms with van der Waals surface area (Å²) in [5.41, 5.74) is 4.49. The van der Waals surface area contributed by atoms with Crippen LogP contribution in [-0.2, 0) is 22.4 Å². The van der Waals surface area contributed by atoms with E-state index in [1.807, 2.05) is 43.3 Å². The largest absolute Gasteiger partial charge is 0.356 e. The SMILES string of the molecule is Cc1ccc(CC(=O)NCCCNC(=O)Cc2ccc(C(C)C)cc2)cc1. The van der Waals surface area contributed by atoms with Crippen molar-refractivity contribution in [2.24, 2.45) is 0 Å². The molecule has 0 aliphatic carbocycles. The Bertz CT molecular complexity index is 734. The van der Waals surface area contributed by atoms with E-state index in [2.05, 4.69) is 36.6 Å². The van der Waals surface area contributed by atoms with Crippen LogP contribution < -0.4 is 10.6 Å². The fraction of sp³-hybridized carbons (Fsp3) is 0.391. The molecule has 0 saturated heterocycles. The van der Waals surface area contributed by atoms with E-state index in [0.717, 1.165) is 17.5 Å². The van der Waals surface area contributed by atoms with Crippen LogP contribution in [0.3, 0.4) is 0 Å². The molecule has 2 aromatic carbocycles. The number of hydrogen-bond donors (Lipinski definition) is 2. The Morgan fingerprint density at radius 1 is 0.778 bits per heavy atom. The molecule has 144 valence electrons. The minimum atomic E-state index is 0.00965. The third-order valence-corrected chi connectivity index (χ3v) is 4.49. The highest BCUT2D eigenvalue weighted by molar-refractivity contribution is 5.79. The molecule has 0 fully saturated rings. The van der Waals surface area contributed by atoms with Crippen LogP contribution in [0.4, 0.5) is 0 Å². The lowest BCUT2D eigenvalue weighted by atomic mass is 10.0. The van der Waals surface area contributed by atoms with Gasteiger partial charge in [0.2, 0.25) is 11.8 Å². The Labute approximate surface area is 162 Å². The second kappa shape index (κ2) is 10.5. The van der Waals surface area contributed by atoms with E-state index < -0.39 is 0 Å². The number of rotatable bonds is 9. The summed E-state index contributed by atoms with van der Waals surface area (Å²) in [7, 11) is 0. The molecule has 4 heteroatoms. The van der Waals surface area contributed by atoms with Gasteiger partial charge >= 0.3 is 0 Å². The summed E-state index contributed by atoms with van der Waals surface area (Å²) >= 11 is 0. The molecule has 0 heterocycles. The van der Waals surface area contributed by atoms with E-state index in [4.69, 9.17) is 0 Å². The molecule has 2 aromatic rings. The first-order chi connectivity index (χ1) is 12.9. The van der Waals surface area contributed by atoms with Crippen molar-refractivity contribution in [3.05, 3.63) is 70.8 Å². The second-order valence-electron chi connectivity index (χ2n) is 7.29. The van der Waals surface area contributed by atoms with Crippen molar-refractivity contribution in [1.29, 1.82) is 0 Å². The Balaban J connectivity index is 1.59. The molecule has 2 N–H and O–H groups in total. The van der Waals surface area contributed by atoms with E-state index in [1.54, 1.807) is 0 Å². The summed E-state index contributed by atoms with van der Waals surface area (Å²) in [6.07, 6.45) is 1.49. The van der Waals surface area contributed by atoms with Crippen molar-refractivity contribution in [2.75, 3.05) is 13.1 Å². The van der Waals surface area contributed by atoms with E-state index in [-0.39, 0.29) is 11.8 Å². The fourth-order valence-electron chi connectivity index (χ4n) is 2.77. The van der Waals surface area contributed by atoms with E-state index in [0.29, 0.717) is 31.8 Å². The third-order valence-electron chi connectivity index (χ3n) is 4.49. The number of benzene rings is 2. The van der Waals surface area contributed by atoms with E-state index in [9.17, 15) is 9.59 Å². The molecule has 0 aromatic heterocycles. The van der Waals surface area contributed by atoms with E-state index >= 15 is 0 Å². The Morgan fingerprint density at radius 2 is 1.22 bits per heavy atom. The fourth-order valence-corrected chi connectivity index (χ4v) is 2.77. The van der Waals surface area contributed by atoms with Gasteiger partial charge < -0.3 is 10.6 Å². The maximum absolute atomic E-state index is 12.0. The highest BCUT2D eigenvalue weighted by Gasteiger charge is 2.05. The Kier molecular flexibility index (Phi) is 8.05. The van der Waals surface area contributed by atoms with Crippen LogP contribution in [0.1, 0.15) is 48.4 Å². The Hall–Kier alpha value is -2.62. The monoisotopic (exact) mass is 366 g/mol. The molecule has 4 nitrogen and oxygen atoms in total. The van der Waals surface area contributed by atoms with Gasteiger partial charge in [-0.1, -0.05) is 67.9 Å². The second-order valence-corrected chi connectivity index (χ2v) is 7.29. The minimum Gasteiger partial charge on any atom is -0.356 e. The average Bonchev–Trinajstić information content (AvgIpc) is 2.64. The molecular weight excluding hydrogens is 336 g/mol. The van der Waals surface area contributed by atoms with Crippen molar-refractivity contribution in [2.45, 2.75) is 46.0 Å². The molecular formula is C23H30N2O2. The molecule has 0 spiro atoms. The lowest BCUT2D eigenvalue weighted by Gasteiger charge is -2.09. The molecule has 0 aliphatic heterocycles. The van der Waals surface area contributed by atoms with Gasteiger partial charge in [0, 0.05) is 13.1 Å². The average molecular weight is 367 g/mol. The van der Waals surface area contributed by atoms with Crippen molar-refractivity contribution < 1.29 is 9.59 Å². The normalized spacial score (nSPS) is 10.7. The molecule has 0 unspecified atom stereocenters. The number of carbonyl (C=O) groups excluding carboxylic acids is 2. The molecule has 0 saturated carbocycles. The zero-order valence-corrected chi connectivity index (χ0v) is 16.5. The summed E-state index contributed by atoms with van der Waals surface area (Å²) in [5, 5.41) is 5.80. The van der Waals surface area contributed by atoms with Gasteiger partial charge in [-0.2, -0.15) is 0 Å². The van der Waals surface area contributed by atoms with E-state index in [1.165, 1.54) is 11.1 Å². The highest BCUT2D eigenvalue weighted by Crippen LogP contribution is 2.14. The number of nitrogens with one attached hydrogen (secondary N) is 2. The molecule has 2 amide bonds. The lowest BCUT2D eigenvalue weighted by Crippen LogP contribution is -2.31. The number of hydrogen-bond acceptors (Lipinski definition) is 2. The van der Waals surface area contributed by atoms with Gasteiger partial charge in [0.05, 0.1) is 12.8 Å². The first-order valence-corrected chi connectivity index (χ1v) is 9.62. The maximum atomic E-state index is 12.0. The van der Waals surface area contributed by atoms with Crippen LogP contribution in [0.2, 0.25) is 0 Å². The summed E-state index contributed by atoms with van der Waals surface area (Å²) in [5.74, 6) is 0.516. The number of aryl methyl sites for hydroxylation is 1. The summed E-state index contributed by atoms with van der Waals surface area (Å²) in [4.78, 5) is 23.9. The van der Waals surface area contributed by atoms with Crippen molar-refractivity contribution in [1.82, 2.24) is 10.6 Å². The van der Waals surface area contributed by atoms with Crippen molar-refractivity contribution in [3.63, 3.8) is 0 Å². The minimum absolute atomic E-state index is 0.00965. The predicted molar refractivity (Wildman–Crippen MR) is 110 cm³/mol. The quantitative estimate of drug-likeness (QED) is 0.667. The van der Waals surface area contributed by atoms with Crippen LogP contribution in [0.15, 0.2) is 48.5 Å². The lowest BCUT2D eigenvalue weighted by molar-refractivity contribution is -0.120. The van der Waals surface area contributed by atoms with Gasteiger partial charge in [-0.3, -0.25) is 9.59 Å². The van der Waals surface area contributed by atoms with Gasteiger partial charge in [-0.15, -0.1) is 0 Å². The smallest absolute Gasteiger partial charge is 0.224 e. The predicted octanol–water partition coefficient (Wildman–Crippen LogP) is 3.53. The van der Waals surface area contributed by atoms with Crippen LogP contribution in [-0.4, -0.2) is 24.9 Å². The number of amides is 2. The van der Waals surface area contributed by atoms with Gasteiger partial charge in [-0.25, -0.2) is 0 Å². The van der Waals surface area contributed by atoms with Crippen LogP contribution in [0, 0.1) is 6.92 Å². The summed E-state index contributed by atoms with van der Waals surface area (Å²) < 4.78 is 0. The van der Waals surface area contributed by atoms with Gasteiger partial charge in [0.25, 0.3) is 0 Å². The first kappa shape index (κ1) is 20.7. The third kappa shape index (κ3) is 7.65. The molecule has 0 atom stereocenters. The molecule has 2 rings (SSSR count). The molecule has 27 heavy (non-hydrogen) atoms.